The summed E-state index contributed by atoms with van der Waals surface area (Å²) in [6.07, 6.45) is 1.67. The zero-order valence-electron chi connectivity index (χ0n) is 17.6. The Kier molecular flexibility index (Phi) is 5.68. The summed E-state index contributed by atoms with van der Waals surface area (Å²) < 4.78 is 11.8. The molecular formula is C28H20N2O3. The Balaban J connectivity index is 1.33. The quantitative estimate of drug-likeness (QED) is 0.312. The molecule has 0 saturated heterocycles. The number of benzene rings is 4. The van der Waals surface area contributed by atoms with Crippen LogP contribution in [0.2, 0.25) is 0 Å². The average Bonchev–Trinajstić information content (AvgIpc) is 3.37. The maximum atomic E-state index is 13.0. The van der Waals surface area contributed by atoms with Crippen LogP contribution < -0.4 is 10.1 Å². The molecule has 5 heteroatoms. The third-order valence-electron chi connectivity index (χ3n) is 5.06. The predicted molar refractivity (Wildman–Crippen MR) is 128 cm³/mol. The number of anilines is 1. The fourth-order valence-electron chi connectivity index (χ4n) is 3.43. The number of nitrogens with one attached hydrogen (secondary N) is 1. The standard InChI is InChI=1S/C28H20N2O3/c31-27(30-21-15-17-23(18-16-21)32-22-11-5-2-6-12-22)24-13-7-8-14-25(24)28-29-19-26(33-28)20-9-3-1-4-10-20/h1-19H,(H,30,31). The zero-order valence-corrected chi connectivity index (χ0v) is 17.6. The van der Waals surface area contributed by atoms with Crippen LogP contribution in [0.25, 0.3) is 22.8 Å². The molecule has 1 aromatic heterocycles. The van der Waals surface area contributed by atoms with Crippen molar-refractivity contribution in [1.82, 2.24) is 4.98 Å². The molecule has 0 aliphatic rings. The molecule has 5 rings (SSSR count). The normalized spacial score (nSPS) is 10.5. The van der Waals surface area contributed by atoms with Gasteiger partial charge < -0.3 is 14.5 Å². The fourth-order valence-corrected chi connectivity index (χ4v) is 3.43. The molecule has 0 radical (unpaired) electrons. The van der Waals surface area contributed by atoms with Crippen molar-refractivity contribution in [2.75, 3.05) is 5.32 Å². The monoisotopic (exact) mass is 432 g/mol. The molecule has 4 aromatic carbocycles. The molecule has 0 fully saturated rings. The number of hydrogen-bond acceptors (Lipinski definition) is 4. The summed E-state index contributed by atoms with van der Waals surface area (Å²) in [5.41, 5.74) is 2.69. The second-order valence-corrected chi connectivity index (χ2v) is 7.33. The van der Waals surface area contributed by atoms with Crippen LogP contribution in [0.4, 0.5) is 5.69 Å². The van der Waals surface area contributed by atoms with Crippen molar-refractivity contribution in [3.8, 4) is 34.3 Å². The van der Waals surface area contributed by atoms with Crippen LogP contribution in [0, 0.1) is 0 Å². The van der Waals surface area contributed by atoms with Crippen LogP contribution in [0.3, 0.4) is 0 Å². The van der Waals surface area contributed by atoms with Crippen molar-refractivity contribution in [3.63, 3.8) is 0 Å². The fraction of sp³-hybridized carbons (Fsp3) is 0. The number of para-hydroxylation sites is 1. The number of nitrogens with zero attached hydrogens (tertiary/aromatic N) is 1. The van der Waals surface area contributed by atoms with Crippen LogP contribution in [-0.4, -0.2) is 10.9 Å². The van der Waals surface area contributed by atoms with Crippen molar-refractivity contribution in [3.05, 3.63) is 121 Å². The van der Waals surface area contributed by atoms with Gasteiger partial charge in [-0.2, -0.15) is 0 Å². The first kappa shape index (κ1) is 20.3. The molecule has 5 nitrogen and oxygen atoms in total. The van der Waals surface area contributed by atoms with Gasteiger partial charge in [0.1, 0.15) is 11.5 Å². The van der Waals surface area contributed by atoms with E-state index in [1.807, 2.05) is 91.0 Å². The minimum Gasteiger partial charge on any atom is -0.457 e. The summed E-state index contributed by atoms with van der Waals surface area (Å²) in [7, 11) is 0. The van der Waals surface area contributed by atoms with Crippen LogP contribution in [-0.2, 0) is 0 Å². The van der Waals surface area contributed by atoms with E-state index in [-0.39, 0.29) is 5.91 Å². The minimum absolute atomic E-state index is 0.248. The van der Waals surface area contributed by atoms with Gasteiger partial charge in [-0.05, 0) is 48.5 Å². The Bertz CT molecular complexity index is 1360. The SMILES string of the molecule is O=C(Nc1ccc(Oc2ccccc2)cc1)c1ccccc1-c1ncc(-c2ccccc2)o1. The summed E-state index contributed by atoms with van der Waals surface area (Å²) in [5.74, 6) is 2.24. The number of rotatable bonds is 6. The van der Waals surface area contributed by atoms with Crippen molar-refractivity contribution < 1.29 is 13.9 Å². The number of amides is 1. The predicted octanol–water partition coefficient (Wildman–Crippen LogP) is 7.05. The number of carbonyl (C=O) groups is 1. The third kappa shape index (κ3) is 4.67. The first-order valence-electron chi connectivity index (χ1n) is 10.5. The Morgan fingerprint density at radius 2 is 1.36 bits per heavy atom. The van der Waals surface area contributed by atoms with Crippen molar-refractivity contribution in [1.29, 1.82) is 0 Å². The summed E-state index contributed by atoms with van der Waals surface area (Å²) in [4.78, 5) is 17.5. The van der Waals surface area contributed by atoms with E-state index < -0.39 is 0 Å². The van der Waals surface area contributed by atoms with Gasteiger partial charge in [-0.1, -0.05) is 60.7 Å². The van der Waals surface area contributed by atoms with Gasteiger partial charge in [0.2, 0.25) is 5.89 Å². The topological polar surface area (TPSA) is 64.4 Å². The van der Waals surface area contributed by atoms with E-state index in [0.29, 0.717) is 34.2 Å². The summed E-state index contributed by atoms with van der Waals surface area (Å²) in [6, 6.07) is 33.8. The van der Waals surface area contributed by atoms with E-state index in [9.17, 15) is 4.79 Å². The summed E-state index contributed by atoms with van der Waals surface area (Å²) in [6.45, 7) is 0. The lowest BCUT2D eigenvalue weighted by atomic mass is 10.1. The van der Waals surface area contributed by atoms with Crippen LogP contribution in [0.15, 0.2) is 120 Å². The lowest BCUT2D eigenvalue weighted by Crippen LogP contribution is -2.13. The Morgan fingerprint density at radius 1 is 0.727 bits per heavy atom. The van der Waals surface area contributed by atoms with E-state index in [1.54, 1.807) is 24.4 Å². The molecule has 0 saturated carbocycles. The summed E-state index contributed by atoms with van der Waals surface area (Å²) in [5, 5.41) is 2.93. The van der Waals surface area contributed by atoms with E-state index in [4.69, 9.17) is 9.15 Å². The van der Waals surface area contributed by atoms with E-state index in [1.165, 1.54) is 0 Å². The molecule has 1 amide bonds. The largest absolute Gasteiger partial charge is 0.457 e. The van der Waals surface area contributed by atoms with Gasteiger partial charge in [0.05, 0.1) is 11.8 Å². The number of ether oxygens (including phenoxy) is 1. The maximum absolute atomic E-state index is 13.0. The van der Waals surface area contributed by atoms with Crippen LogP contribution >= 0.6 is 0 Å². The van der Waals surface area contributed by atoms with Crippen molar-refractivity contribution in [2.24, 2.45) is 0 Å². The lowest BCUT2D eigenvalue weighted by molar-refractivity contribution is 0.102. The van der Waals surface area contributed by atoms with Crippen LogP contribution in [0.1, 0.15) is 10.4 Å². The molecule has 160 valence electrons. The molecular weight excluding hydrogens is 412 g/mol. The van der Waals surface area contributed by atoms with Crippen molar-refractivity contribution in [2.45, 2.75) is 0 Å². The minimum atomic E-state index is -0.248. The zero-order chi connectivity index (χ0) is 22.5. The Hall–Kier alpha value is -4.64. The molecule has 1 N–H and O–H groups in total. The van der Waals surface area contributed by atoms with Gasteiger partial charge in [-0.25, -0.2) is 4.98 Å². The molecule has 1 heterocycles. The molecule has 33 heavy (non-hydrogen) atoms. The van der Waals surface area contributed by atoms with Gasteiger partial charge >= 0.3 is 0 Å². The average molecular weight is 432 g/mol. The number of oxazole rings is 1. The highest BCUT2D eigenvalue weighted by Gasteiger charge is 2.17. The summed E-state index contributed by atoms with van der Waals surface area (Å²) >= 11 is 0. The second kappa shape index (κ2) is 9.24. The van der Waals surface area contributed by atoms with Gasteiger partial charge in [0.25, 0.3) is 5.91 Å². The van der Waals surface area contributed by atoms with E-state index in [0.717, 1.165) is 11.3 Å². The first-order valence-corrected chi connectivity index (χ1v) is 10.5. The second-order valence-electron chi connectivity index (χ2n) is 7.33. The smallest absolute Gasteiger partial charge is 0.256 e. The highest BCUT2D eigenvalue weighted by atomic mass is 16.5. The maximum Gasteiger partial charge on any atom is 0.256 e. The van der Waals surface area contributed by atoms with Gasteiger partial charge in [0, 0.05) is 16.8 Å². The molecule has 0 bridgehead atoms. The molecule has 0 aliphatic carbocycles. The number of carbonyl (C=O) groups excluding carboxylic acids is 1. The van der Waals surface area contributed by atoms with Gasteiger partial charge in [0.15, 0.2) is 5.76 Å². The van der Waals surface area contributed by atoms with Gasteiger partial charge in [-0.15, -0.1) is 0 Å². The van der Waals surface area contributed by atoms with E-state index >= 15 is 0 Å². The molecule has 0 spiro atoms. The lowest BCUT2D eigenvalue weighted by Gasteiger charge is -2.10. The highest BCUT2D eigenvalue weighted by molar-refractivity contribution is 6.08. The Labute approximate surface area is 191 Å². The van der Waals surface area contributed by atoms with Gasteiger partial charge in [-0.3, -0.25) is 4.79 Å². The molecule has 0 unspecified atom stereocenters. The molecule has 0 aliphatic heterocycles. The van der Waals surface area contributed by atoms with Crippen LogP contribution in [0.5, 0.6) is 11.5 Å². The first-order chi connectivity index (χ1) is 16.3. The van der Waals surface area contributed by atoms with E-state index in [2.05, 4.69) is 10.3 Å². The molecule has 0 atom stereocenters. The molecule has 5 aromatic rings. The number of aromatic nitrogens is 1. The third-order valence-corrected chi connectivity index (χ3v) is 5.06. The Morgan fingerprint density at radius 3 is 2.12 bits per heavy atom. The highest BCUT2D eigenvalue weighted by Crippen LogP contribution is 2.29. The van der Waals surface area contributed by atoms with Crippen molar-refractivity contribution >= 4 is 11.6 Å². The number of hydrogen-bond donors (Lipinski definition) is 1.